The minimum Gasteiger partial charge on any atom is -0.365 e. The van der Waals surface area contributed by atoms with E-state index in [1.807, 2.05) is 33.8 Å². The third-order valence-corrected chi connectivity index (χ3v) is 4.99. The molecule has 23 heavy (non-hydrogen) atoms. The van der Waals surface area contributed by atoms with Crippen LogP contribution in [0.3, 0.4) is 0 Å². The van der Waals surface area contributed by atoms with E-state index < -0.39 is 0 Å². The van der Waals surface area contributed by atoms with E-state index in [1.54, 1.807) is 6.20 Å². The van der Waals surface area contributed by atoms with Gasteiger partial charge in [-0.15, -0.1) is 0 Å². The van der Waals surface area contributed by atoms with E-state index in [0.29, 0.717) is 18.7 Å². The molecule has 122 valence electrons. The lowest BCUT2D eigenvalue weighted by molar-refractivity contribution is -0.184. The van der Waals surface area contributed by atoms with Gasteiger partial charge in [-0.3, -0.25) is 4.79 Å². The van der Waals surface area contributed by atoms with E-state index in [0.717, 1.165) is 18.5 Å². The monoisotopic (exact) mass is 313 g/mol. The summed E-state index contributed by atoms with van der Waals surface area (Å²) in [6, 6.07) is 3.74. The van der Waals surface area contributed by atoms with E-state index in [4.69, 9.17) is 4.74 Å². The van der Waals surface area contributed by atoms with E-state index in [-0.39, 0.29) is 17.1 Å². The van der Waals surface area contributed by atoms with Crippen molar-refractivity contribution in [3.05, 3.63) is 36.3 Å². The first kappa shape index (κ1) is 14.7. The summed E-state index contributed by atoms with van der Waals surface area (Å²) < 4.78 is 8.30. The molecule has 2 fully saturated rings. The maximum absolute atomic E-state index is 13.0. The summed E-state index contributed by atoms with van der Waals surface area (Å²) in [6.07, 6.45) is 10.0. The number of fused-ring (bicyclic) bond motifs is 1. The number of carbonyl (C=O) groups is 1. The normalized spacial score (nSPS) is 22.8. The molecule has 0 N–H and O–H groups in total. The largest absolute Gasteiger partial charge is 0.365 e. The highest BCUT2D eigenvalue weighted by Crippen LogP contribution is 2.40. The van der Waals surface area contributed by atoms with E-state index in [1.165, 1.54) is 12.8 Å². The molecule has 5 heteroatoms. The second-order valence-electron chi connectivity index (χ2n) is 7.52. The lowest BCUT2D eigenvalue weighted by Crippen LogP contribution is -2.60. The molecule has 3 heterocycles. The van der Waals surface area contributed by atoms with Crippen LogP contribution in [0.1, 0.15) is 49.9 Å². The molecular formula is C18H23N3O2. The standard InChI is InChI=1S/C18H23N3O2/c1-17(2)12-21(13-18(23-17)6-3-4-7-18)16(22)14-5-9-20-10-8-19-15(20)11-14/h5,8-11H,3-4,6-7,12-13H2,1-2H3. The van der Waals surface area contributed by atoms with Crippen LogP contribution in [0.15, 0.2) is 30.7 Å². The summed E-state index contributed by atoms with van der Waals surface area (Å²) in [4.78, 5) is 19.3. The number of nitrogens with zero attached hydrogens (tertiary/aromatic N) is 3. The van der Waals surface area contributed by atoms with Crippen molar-refractivity contribution in [1.29, 1.82) is 0 Å². The number of carbonyl (C=O) groups excluding carboxylic acids is 1. The molecule has 1 aliphatic carbocycles. The first-order valence-electron chi connectivity index (χ1n) is 8.39. The Balaban J connectivity index is 1.63. The highest BCUT2D eigenvalue weighted by atomic mass is 16.5. The SMILES string of the molecule is CC1(C)CN(C(=O)c2ccn3ccnc3c2)CC2(CCCC2)O1. The van der Waals surface area contributed by atoms with Crippen LogP contribution in [0.25, 0.3) is 5.65 Å². The average molecular weight is 313 g/mol. The topological polar surface area (TPSA) is 46.8 Å². The van der Waals surface area contributed by atoms with Crippen LogP contribution in [0, 0.1) is 0 Å². The second-order valence-corrected chi connectivity index (χ2v) is 7.52. The van der Waals surface area contributed by atoms with E-state index in [9.17, 15) is 4.79 Å². The van der Waals surface area contributed by atoms with Crippen molar-refractivity contribution < 1.29 is 9.53 Å². The number of morpholine rings is 1. The molecule has 1 saturated heterocycles. The van der Waals surface area contributed by atoms with Gasteiger partial charge in [0.15, 0.2) is 0 Å². The molecule has 1 amide bonds. The minimum atomic E-state index is -0.296. The summed E-state index contributed by atoms with van der Waals surface area (Å²) in [5, 5.41) is 0. The van der Waals surface area contributed by atoms with Crippen molar-refractivity contribution in [3.63, 3.8) is 0 Å². The lowest BCUT2D eigenvalue weighted by atomic mass is 9.93. The average Bonchev–Trinajstić information content (AvgIpc) is 3.13. The molecule has 1 spiro atoms. The number of pyridine rings is 1. The molecule has 4 rings (SSSR count). The smallest absolute Gasteiger partial charge is 0.254 e. The Labute approximate surface area is 136 Å². The van der Waals surface area contributed by atoms with Gasteiger partial charge in [-0.2, -0.15) is 0 Å². The Morgan fingerprint density at radius 2 is 2.00 bits per heavy atom. The van der Waals surface area contributed by atoms with Gasteiger partial charge < -0.3 is 14.0 Å². The fourth-order valence-electron chi connectivity index (χ4n) is 4.16. The fourth-order valence-corrected chi connectivity index (χ4v) is 4.16. The summed E-state index contributed by atoms with van der Waals surface area (Å²) in [5.74, 6) is 0.0816. The third kappa shape index (κ3) is 2.63. The lowest BCUT2D eigenvalue weighted by Gasteiger charge is -2.48. The number of hydrogen-bond donors (Lipinski definition) is 0. The van der Waals surface area contributed by atoms with Crippen molar-refractivity contribution in [1.82, 2.24) is 14.3 Å². The van der Waals surface area contributed by atoms with Gasteiger partial charge in [0, 0.05) is 30.7 Å². The zero-order valence-electron chi connectivity index (χ0n) is 13.8. The van der Waals surface area contributed by atoms with Gasteiger partial charge in [-0.25, -0.2) is 4.98 Å². The van der Waals surface area contributed by atoms with Crippen molar-refractivity contribution in [2.75, 3.05) is 13.1 Å². The van der Waals surface area contributed by atoms with Crippen LogP contribution in [-0.2, 0) is 4.74 Å². The first-order valence-corrected chi connectivity index (χ1v) is 8.39. The Bertz CT molecular complexity index is 744. The molecule has 2 aliphatic rings. The van der Waals surface area contributed by atoms with Crippen molar-refractivity contribution in [2.45, 2.75) is 50.7 Å². The molecule has 0 radical (unpaired) electrons. The molecule has 0 atom stereocenters. The van der Waals surface area contributed by atoms with Crippen molar-refractivity contribution in [2.24, 2.45) is 0 Å². The van der Waals surface area contributed by atoms with Crippen LogP contribution in [0.5, 0.6) is 0 Å². The van der Waals surface area contributed by atoms with Gasteiger partial charge in [0.2, 0.25) is 0 Å². The maximum Gasteiger partial charge on any atom is 0.254 e. The Morgan fingerprint density at radius 3 is 2.78 bits per heavy atom. The number of ether oxygens (including phenoxy) is 1. The predicted molar refractivity (Wildman–Crippen MR) is 87.5 cm³/mol. The first-order chi connectivity index (χ1) is 11.0. The summed E-state index contributed by atoms with van der Waals surface area (Å²) in [5.41, 5.74) is 1.07. The van der Waals surface area contributed by atoms with Gasteiger partial charge in [0.1, 0.15) is 5.65 Å². The highest BCUT2D eigenvalue weighted by molar-refractivity contribution is 5.95. The van der Waals surface area contributed by atoms with Gasteiger partial charge >= 0.3 is 0 Å². The fraction of sp³-hybridized carbons (Fsp3) is 0.556. The molecule has 0 unspecified atom stereocenters. The number of rotatable bonds is 1. The van der Waals surface area contributed by atoms with E-state index >= 15 is 0 Å². The second kappa shape index (κ2) is 5.06. The van der Waals surface area contributed by atoms with Gasteiger partial charge in [0.05, 0.1) is 17.7 Å². The Morgan fingerprint density at radius 1 is 1.22 bits per heavy atom. The molecular weight excluding hydrogens is 290 g/mol. The predicted octanol–water partition coefficient (Wildman–Crippen LogP) is 2.90. The molecule has 1 aliphatic heterocycles. The number of amides is 1. The number of hydrogen-bond acceptors (Lipinski definition) is 3. The van der Waals surface area contributed by atoms with Crippen LogP contribution >= 0.6 is 0 Å². The van der Waals surface area contributed by atoms with Gasteiger partial charge in [0.25, 0.3) is 5.91 Å². The van der Waals surface area contributed by atoms with Gasteiger partial charge in [-0.05, 0) is 38.8 Å². The summed E-state index contributed by atoms with van der Waals surface area (Å²) in [7, 11) is 0. The van der Waals surface area contributed by atoms with Gasteiger partial charge in [-0.1, -0.05) is 12.8 Å². The maximum atomic E-state index is 13.0. The number of aromatic nitrogens is 2. The third-order valence-electron chi connectivity index (χ3n) is 4.99. The zero-order chi connectivity index (χ0) is 16.1. The Hall–Kier alpha value is -1.88. The Kier molecular flexibility index (Phi) is 3.23. The molecule has 5 nitrogen and oxygen atoms in total. The number of imidazole rings is 1. The van der Waals surface area contributed by atoms with Crippen LogP contribution < -0.4 is 0 Å². The minimum absolute atomic E-state index is 0.0816. The van der Waals surface area contributed by atoms with E-state index in [2.05, 4.69) is 18.8 Å². The van der Waals surface area contributed by atoms with Crippen molar-refractivity contribution >= 4 is 11.6 Å². The van der Waals surface area contributed by atoms with Crippen LogP contribution in [0.2, 0.25) is 0 Å². The summed E-state index contributed by atoms with van der Waals surface area (Å²) in [6.45, 7) is 5.51. The zero-order valence-corrected chi connectivity index (χ0v) is 13.8. The molecule has 0 aromatic carbocycles. The quantitative estimate of drug-likeness (QED) is 0.813. The van der Waals surface area contributed by atoms with Crippen LogP contribution in [0.4, 0.5) is 0 Å². The highest BCUT2D eigenvalue weighted by Gasteiger charge is 2.47. The summed E-state index contributed by atoms with van der Waals surface area (Å²) >= 11 is 0. The van der Waals surface area contributed by atoms with Crippen molar-refractivity contribution in [3.8, 4) is 0 Å². The molecule has 2 aromatic rings. The molecule has 1 saturated carbocycles. The molecule has 2 aromatic heterocycles. The molecule has 0 bridgehead atoms. The van der Waals surface area contributed by atoms with Crippen LogP contribution in [-0.4, -0.2) is 44.5 Å².